The van der Waals surface area contributed by atoms with E-state index in [0.717, 1.165) is 6.42 Å². The Hall–Kier alpha value is -3.94. The Labute approximate surface area is 191 Å². The highest BCUT2D eigenvalue weighted by Gasteiger charge is 2.22. The van der Waals surface area contributed by atoms with E-state index < -0.39 is 11.9 Å². The highest BCUT2D eigenvalue weighted by atomic mass is 16.5. The summed E-state index contributed by atoms with van der Waals surface area (Å²) in [5, 5.41) is 2.74. The second-order valence-electron chi connectivity index (χ2n) is 7.88. The normalized spacial score (nSPS) is 12.7. The van der Waals surface area contributed by atoms with Crippen molar-refractivity contribution in [1.82, 2.24) is 9.55 Å². The number of aryl methyl sites for hydroxylation is 1. The van der Waals surface area contributed by atoms with Crippen LogP contribution in [0.25, 0.3) is 0 Å². The van der Waals surface area contributed by atoms with Crippen LogP contribution in [-0.4, -0.2) is 34.6 Å². The minimum atomic E-state index is -0.518. The van der Waals surface area contributed by atoms with Gasteiger partial charge in [-0.25, -0.2) is 9.78 Å². The van der Waals surface area contributed by atoms with Crippen LogP contribution in [0.4, 0.5) is 11.6 Å². The predicted octanol–water partition coefficient (Wildman–Crippen LogP) is 2.93. The van der Waals surface area contributed by atoms with Crippen molar-refractivity contribution in [2.24, 2.45) is 0 Å². The van der Waals surface area contributed by atoms with E-state index in [0.29, 0.717) is 30.4 Å². The highest BCUT2D eigenvalue weighted by molar-refractivity contribution is 6.01. The molecule has 0 saturated carbocycles. The van der Waals surface area contributed by atoms with Gasteiger partial charge in [0.15, 0.2) is 0 Å². The lowest BCUT2D eigenvalue weighted by atomic mass is 10.0. The predicted molar refractivity (Wildman–Crippen MR) is 125 cm³/mol. The number of nitrogens with zero attached hydrogens (tertiary/aromatic N) is 3. The lowest BCUT2D eigenvalue weighted by Crippen LogP contribution is -2.38. The Balaban J connectivity index is 1.59. The van der Waals surface area contributed by atoms with Crippen LogP contribution < -0.4 is 15.8 Å². The van der Waals surface area contributed by atoms with Gasteiger partial charge in [0.2, 0.25) is 11.9 Å². The van der Waals surface area contributed by atoms with Crippen molar-refractivity contribution in [3.05, 3.63) is 87.3 Å². The number of carbonyl (C=O) groups is 2. The zero-order valence-electron chi connectivity index (χ0n) is 18.7. The van der Waals surface area contributed by atoms with Gasteiger partial charge in [-0.1, -0.05) is 36.4 Å². The molecule has 8 nitrogen and oxygen atoms in total. The Kier molecular flexibility index (Phi) is 6.53. The van der Waals surface area contributed by atoms with E-state index in [4.69, 9.17) is 4.74 Å². The van der Waals surface area contributed by atoms with Gasteiger partial charge in [0.25, 0.3) is 5.56 Å². The van der Waals surface area contributed by atoms with Crippen LogP contribution in [0.15, 0.2) is 59.4 Å². The third-order valence-electron chi connectivity index (χ3n) is 5.53. The molecule has 0 fully saturated rings. The average molecular weight is 447 g/mol. The van der Waals surface area contributed by atoms with Gasteiger partial charge in [-0.2, -0.15) is 0 Å². The summed E-state index contributed by atoms with van der Waals surface area (Å²) in [7, 11) is 0. The van der Waals surface area contributed by atoms with Crippen molar-refractivity contribution in [2.45, 2.75) is 33.4 Å². The fourth-order valence-electron chi connectivity index (χ4n) is 3.97. The summed E-state index contributed by atoms with van der Waals surface area (Å²) in [6.07, 6.45) is 0.832. The molecule has 1 aromatic heterocycles. The lowest BCUT2D eigenvalue weighted by Gasteiger charge is -2.31. The zero-order valence-corrected chi connectivity index (χ0v) is 18.7. The maximum atomic E-state index is 12.9. The quantitative estimate of drug-likeness (QED) is 0.585. The fourth-order valence-corrected chi connectivity index (χ4v) is 3.97. The number of ether oxygens (including phenoxy) is 1. The Morgan fingerprint density at radius 2 is 1.82 bits per heavy atom. The molecule has 3 aromatic rings. The molecule has 1 N–H and O–H groups in total. The van der Waals surface area contributed by atoms with Crippen molar-refractivity contribution in [1.29, 1.82) is 0 Å². The lowest BCUT2D eigenvalue weighted by molar-refractivity contribution is -0.116. The summed E-state index contributed by atoms with van der Waals surface area (Å²) < 4.78 is 6.44. The van der Waals surface area contributed by atoms with E-state index in [1.807, 2.05) is 17.0 Å². The Morgan fingerprint density at radius 3 is 2.61 bits per heavy atom. The van der Waals surface area contributed by atoms with Gasteiger partial charge >= 0.3 is 5.97 Å². The Bertz CT molecular complexity index is 1250. The Morgan fingerprint density at radius 1 is 1.09 bits per heavy atom. The van der Waals surface area contributed by atoms with Crippen LogP contribution in [-0.2, 0) is 29.0 Å². The number of rotatable bonds is 6. The van der Waals surface area contributed by atoms with Crippen LogP contribution >= 0.6 is 0 Å². The largest absolute Gasteiger partial charge is 0.462 e. The maximum Gasteiger partial charge on any atom is 0.340 e. The maximum absolute atomic E-state index is 12.9. The monoisotopic (exact) mass is 446 g/mol. The van der Waals surface area contributed by atoms with Crippen LogP contribution in [0.2, 0.25) is 0 Å². The van der Waals surface area contributed by atoms with Crippen LogP contribution in [0.5, 0.6) is 0 Å². The first-order valence-electron chi connectivity index (χ1n) is 10.9. The summed E-state index contributed by atoms with van der Waals surface area (Å²) in [6.45, 7) is 4.80. The molecule has 0 spiro atoms. The number of para-hydroxylation sites is 1. The van der Waals surface area contributed by atoms with Gasteiger partial charge in [0.1, 0.15) is 6.54 Å². The van der Waals surface area contributed by atoms with Crippen molar-refractivity contribution in [3.8, 4) is 0 Å². The topological polar surface area (TPSA) is 93.5 Å². The van der Waals surface area contributed by atoms with E-state index in [1.54, 1.807) is 38.1 Å². The summed E-state index contributed by atoms with van der Waals surface area (Å²) in [6, 6.07) is 16.2. The molecular formula is C25H26N4O4. The van der Waals surface area contributed by atoms with Crippen molar-refractivity contribution in [3.63, 3.8) is 0 Å². The third-order valence-corrected chi connectivity index (χ3v) is 5.53. The number of fused-ring (bicyclic) bond motifs is 1. The van der Waals surface area contributed by atoms with E-state index in [9.17, 15) is 14.4 Å². The second-order valence-corrected chi connectivity index (χ2v) is 7.88. The van der Waals surface area contributed by atoms with E-state index >= 15 is 0 Å². The second kappa shape index (κ2) is 9.68. The number of benzene rings is 2. The van der Waals surface area contributed by atoms with Crippen LogP contribution in [0.3, 0.4) is 0 Å². The zero-order chi connectivity index (χ0) is 23.4. The van der Waals surface area contributed by atoms with Crippen molar-refractivity contribution >= 4 is 23.5 Å². The molecule has 1 aliphatic heterocycles. The number of hydrogen-bond donors (Lipinski definition) is 1. The summed E-state index contributed by atoms with van der Waals surface area (Å²) in [4.78, 5) is 44.6. The van der Waals surface area contributed by atoms with Gasteiger partial charge < -0.3 is 15.0 Å². The minimum absolute atomic E-state index is 0.225. The molecule has 0 unspecified atom stereocenters. The SMILES string of the molecule is CCOC(=O)c1ccccc1NC(=O)Cn1c(N2CCc3ccccc3C2)nc(C)cc1=O. The van der Waals surface area contributed by atoms with E-state index in [1.165, 1.54) is 21.8 Å². The molecule has 170 valence electrons. The highest BCUT2D eigenvalue weighted by Crippen LogP contribution is 2.23. The first kappa shape index (κ1) is 22.3. The van der Waals surface area contributed by atoms with Crippen LogP contribution in [0, 0.1) is 6.92 Å². The van der Waals surface area contributed by atoms with E-state index in [2.05, 4.69) is 22.4 Å². The molecule has 33 heavy (non-hydrogen) atoms. The summed E-state index contributed by atoms with van der Waals surface area (Å²) in [5.41, 5.74) is 3.35. The number of hydrogen-bond acceptors (Lipinski definition) is 6. The minimum Gasteiger partial charge on any atom is -0.462 e. The number of anilines is 2. The molecular weight excluding hydrogens is 420 g/mol. The molecule has 0 radical (unpaired) electrons. The van der Waals surface area contributed by atoms with Gasteiger partial charge in [0, 0.05) is 24.8 Å². The standard InChI is InChI=1S/C25H26N4O4/c1-3-33-24(32)20-10-6-7-11-21(20)27-22(30)16-29-23(31)14-17(2)26-25(29)28-13-12-18-8-4-5-9-19(18)15-28/h4-11,14H,3,12-13,15-16H2,1-2H3,(H,27,30). The first-order valence-corrected chi connectivity index (χ1v) is 10.9. The molecule has 2 heterocycles. The number of aromatic nitrogens is 2. The molecule has 2 aromatic carbocycles. The summed E-state index contributed by atoms with van der Waals surface area (Å²) in [5.74, 6) is -0.489. The molecule has 1 amide bonds. The van der Waals surface area contributed by atoms with Gasteiger partial charge in [0.05, 0.1) is 17.9 Å². The molecule has 1 aliphatic rings. The van der Waals surface area contributed by atoms with Gasteiger partial charge in [-0.3, -0.25) is 14.2 Å². The molecule has 0 saturated heterocycles. The van der Waals surface area contributed by atoms with Gasteiger partial charge in [-0.05, 0) is 43.5 Å². The number of nitrogens with one attached hydrogen (secondary N) is 1. The molecule has 0 atom stereocenters. The smallest absolute Gasteiger partial charge is 0.340 e. The number of carbonyl (C=O) groups excluding carboxylic acids is 2. The third kappa shape index (κ3) is 4.95. The number of esters is 1. The molecule has 0 aliphatic carbocycles. The molecule has 0 bridgehead atoms. The summed E-state index contributed by atoms with van der Waals surface area (Å²) >= 11 is 0. The molecule has 4 rings (SSSR count). The number of amides is 1. The molecule has 8 heteroatoms. The van der Waals surface area contributed by atoms with Gasteiger partial charge in [-0.15, -0.1) is 0 Å². The van der Waals surface area contributed by atoms with Crippen LogP contribution in [0.1, 0.15) is 34.1 Å². The van der Waals surface area contributed by atoms with Crippen molar-refractivity contribution in [2.75, 3.05) is 23.4 Å². The fraction of sp³-hybridized carbons (Fsp3) is 0.280. The van der Waals surface area contributed by atoms with E-state index in [-0.39, 0.29) is 24.3 Å². The first-order chi connectivity index (χ1) is 16.0. The average Bonchev–Trinajstić information content (AvgIpc) is 2.81. The van der Waals surface area contributed by atoms with Crippen molar-refractivity contribution < 1.29 is 14.3 Å².